The molecule has 2 atom stereocenters. The zero-order valence-electron chi connectivity index (χ0n) is 21.5. The van der Waals surface area contributed by atoms with Gasteiger partial charge in [0.25, 0.3) is 0 Å². The highest BCUT2D eigenvalue weighted by Gasteiger charge is 2.26. The number of benzene rings is 1. The maximum atomic E-state index is 14.6. The van der Waals surface area contributed by atoms with E-state index in [1.165, 1.54) is 6.07 Å². The normalized spacial score (nSPS) is 17.1. The molecule has 1 fully saturated rings. The van der Waals surface area contributed by atoms with Gasteiger partial charge in [0.15, 0.2) is 0 Å². The van der Waals surface area contributed by atoms with E-state index in [9.17, 15) is 9.65 Å². The van der Waals surface area contributed by atoms with E-state index in [4.69, 9.17) is 25.2 Å². The molecule has 0 spiro atoms. The molecule has 0 radical (unpaired) electrons. The summed E-state index contributed by atoms with van der Waals surface area (Å²) in [6.07, 6.45) is 5.40. The van der Waals surface area contributed by atoms with Gasteiger partial charge in [-0.05, 0) is 55.8 Å². The van der Waals surface area contributed by atoms with Crippen molar-refractivity contribution >= 4 is 46.8 Å². The number of rotatable bonds is 5. The van der Waals surface area contributed by atoms with Crippen molar-refractivity contribution in [1.29, 1.82) is 5.26 Å². The predicted molar refractivity (Wildman–Crippen MR) is 152 cm³/mol. The van der Waals surface area contributed by atoms with Gasteiger partial charge >= 0.3 is 0 Å². The first-order valence-electron chi connectivity index (χ1n) is 12.2. The topological polar surface area (TPSA) is 96.8 Å². The Kier molecular flexibility index (Phi) is 8.43. The monoisotopic (exact) mass is 539 g/mol. The van der Waals surface area contributed by atoms with Gasteiger partial charge in [0.2, 0.25) is 5.88 Å². The fraction of sp³-hybridized carbons (Fsp3) is 0.370. The second-order valence-electron chi connectivity index (χ2n) is 8.84. The van der Waals surface area contributed by atoms with E-state index in [0.29, 0.717) is 52.0 Å². The summed E-state index contributed by atoms with van der Waals surface area (Å²) in [6, 6.07) is 5.41. The van der Waals surface area contributed by atoms with Crippen LogP contribution in [0.15, 0.2) is 35.3 Å². The van der Waals surface area contributed by atoms with E-state index in [-0.39, 0.29) is 11.6 Å². The number of aliphatic imine (C=N–C) groups is 1. The van der Waals surface area contributed by atoms with Crippen molar-refractivity contribution in [1.82, 2.24) is 9.88 Å². The number of nitrogens with zero attached hydrogens (tertiary/aromatic N) is 4. The average Bonchev–Trinajstić information content (AvgIpc) is 3.08. The summed E-state index contributed by atoms with van der Waals surface area (Å²) in [5.41, 5.74) is 9.47. The molecule has 3 heterocycles. The van der Waals surface area contributed by atoms with Crippen LogP contribution < -0.4 is 11.0 Å². The average molecular weight is 540 g/mol. The van der Waals surface area contributed by atoms with Crippen molar-refractivity contribution in [3.05, 3.63) is 52.8 Å². The summed E-state index contributed by atoms with van der Waals surface area (Å²) in [5.74, 6) is 0.898. The Balaban J connectivity index is 1.92. The Hall–Kier alpha value is -3.05. The van der Waals surface area contributed by atoms with Gasteiger partial charge in [-0.25, -0.2) is 4.39 Å². The minimum Gasteiger partial charge on any atom is -0.481 e. The lowest BCUT2D eigenvalue weighted by atomic mass is 9.99. The minimum absolute atomic E-state index is 0.205. The SMILES string of the molecule is CC/C=C(/N=C(\c1cnc(-c2ccc(F)c3sc(N)c(C#N)c23)c(P)c1C)N1CCOCCC1C)OC. The zero-order valence-corrected chi connectivity index (χ0v) is 23.4. The number of hydrogen-bond donors (Lipinski definition) is 1. The van der Waals surface area contributed by atoms with Crippen molar-refractivity contribution < 1.29 is 13.9 Å². The molecular weight excluding hydrogens is 508 g/mol. The molecule has 1 aliphatic rings. The van der Waals surface area contributed by atoms with Crippen molar-refractivity contribution in [2.24, 2.45) is 4.99 Å². The molecule has 3 aromatic rings. The Morgan fingerprint density at radius 3 is 2.95 bits per heavy atom. The van der Waals surface area contributed by atoms with Gasteiger partial charge in [-0.1, -0.05) is 6.92 Å². The number of amidine groups is 1. The van der Waals surface area contributed by atoms with Crippen LogP contribution in [0, 0.1) is 24.1 Å². The molecule has 0 amide bonds. The number of nitrogens with two attached hydrogens (primary N) is 1. The largest absolute Gasteiger partial charge is 0.481 e. The number of hydrogen-bond acceptors (Lipinski definition) is 7. The van der Waals surface area contributed by atoms with E-state index in [2.05, 4.69) is 27.1 Å². The maximum absolute atomic E-state index is 14.6. The second kappa shape index (κ2) is 11.6. The number of pyridine rings is 1. The van der Waals surface area contributed by atoms with E-state index in [0.717, 1.165) is 46.4 Å². The van der Waals surface area contributed by atoms with Crippen molar-refractivity contribution in [3.63, 3.8) is 0 Å². The van der Waals surface area contributed by atoms with Crippen LogP contribution in [0.3, 0.4) is 0 Å². The number of nitrogen functional groups attached to an aromatic ring is 1. The number of aromatic nitrogens is 1. The Morgan fingerprint density at radius 1 is 1.46 bits per heavy atom. The first kappa shape index (κ1) is 27.0. The first-order chi connectivity index (χ1) is 17.8. The van der Waals surface area contributed by atoms with Gasteiger partial charge in [-0.2, -0.15) is 10.3 Å². The van der Waals surface area contributed by atoms with Gasteiger partial charge in [0, 0.05) is 41.9 Å². The molecule has 1 saturated heterocycles. The Labute approximate surface area is 223 Å². The number of thiophene rings is 1. The zero-order chi connectivity index (χ0) is 26.7. The van der Waals surface area contributed by atoms with Gasteiger partial charge in [0.05, 0.1) is 29.7 Å². The molecule has 0 bridgehead atoms. The van der Waals surface area contributed by atoms with Gasteiger partial charge in [0.1, 0.15) is 22.7 Å². The number of fused-ring (bicyclic) bond motifs is 1. The molecule has 37 heavy (non-hydrogen) atoms. The summed E-state index contributed by atoms with van der Waals surface area (Å²) in [7, 11) is 4.39. The van der Waals surface area contributed by atoms with Crippen LogP contribution in [-0.4, -0.2) is 48.6 Å². The summed E-state index contributed by atoms with van der Waals surface area (Å²) in [4.78, 5) is 12.0. The molecule has 4 rings (SSSR count). The van der Waals surface area contributed by atoms with Crippen molar-refractivity contribution in [2.45, 2.75) is 39.7 Å². The smallest absolute Gasteiger partial charge is 0.210 e. The van der Waals surface area contributed by atoms with Crippen LogP contribution in [0.2, 0.25) is 0 Å². The van der Waals surface area contributed by atoms with Crippen LogP contribution in [0.4, 0.5) is 9.39 Å². The van der Waals surface area contributed by atoms with Crippen LogP contribution in [-0.2, 0) is 9.47 Å². The lowest BCUT2D eigenvalue weighted by Crippen LogP contribution is -2.41. The molecule has 2 unspecified atom stereocenters. The third-order valence-electron chi connectivity index (χ3n) is 6.58. The highest BCUT2D eigenvalue weighted by atomic mass is 32.1. The van der Waals surface area contributed by atoms with Crippen LogP contribution in [0.25, 0.3) is 21.3 Å². The number of nitriles is 1. The van der Waals surface area contributed by atoms with E-state index in [1.807, 2.05) is 19.9 Å². The van der Waals surface area contributed by atoms with Gasteiger partial charge < -0.3 is 20.1 Å². The maximum Gasteiger partial charge on any atom is 0.210 e. The third kappa shape index (κ3) is 5.19. The number of anilines is 1. The van der Waals surface area contributed by atoms with Crippen LogP contribution in [0.5, 0.6) is 0 Å². The Morgan fingerprint density at radius 2 is 2.24 bits per heavy atom. The van der Waals surface area contributed by atoms with Crippen LogP contribution in [0.1, 0.15) is 43.4 Å². The molecular formula is C27H31FN5O2PS. The molecule has 7 nitrogen and oxygen atoms in total. The van der Waals surface area contributed by atoms with E-state index in [1.54, 1.807) is 19.4 Å². The molecule has 1 aromatic carbocycles. The van der Waals surface area contributed by atoms with E-state index >= 15 is 0 Å². The fourth-order valence-electron chi connectivity index (χ4n) is 4.50. The summed E-state index contributed by atoms with van der Waals surface area (Å²) >= 11 is 1.08. The van der Waals surface area contributed by atoms with Crippen LogP contribution >= 0.6 is 20.6 Å². The molecule has 194 valence electrons. The molecule has 2 N–H and O–H groups in total. The number of ether oxygens (including phenoxy) is 2. The summed E-state index contributed by atoms with van der Waals surface area (Å²) < 4.78 is 26.3. The number of allylic oxidation sites excluding steroid dienone is 1. The standard InChI is InChI=1S/C27H31FN5O2PS/c1-5-6-21(34-4)32-27(33-10-12-35-11-9-15(33)2)19-14-31-23(24(36)16(19)3)17-7-8-20(28)25-22(17)18(13-29)26(30)37-25/h6-8,14-15H,5,9-12,30,36H2,1-4H3/b21-6-,32-27+. The Bertz CT molecular complexity index is 1430. The lowest BCUT2D eigenvalue weighted by molar-refractivity contribution is 0.147. The van der Waals surface area contributed by atoms with Gasteiger partial charge in [-0.15, -0.1) is 20.6 Å². The van der Waals surface area contributed by atoms with E-state index < -0.39 is 5.82 Å². The number of halogens is 1. The second-order valence-corrected chi connectivity index (χ2v) is 10.5. The van der Waals surface area contributed by atoms with Crippen molar-refractivity contribution in [3.8, 4) is 17.3 Å². The quantitative estimate of drug-likeness (QED) is 0.209. The minimum atomic E-state index is -0.405. The fourth-order valence-corrected chi connectivity index (χ4v) is 5.83. The molecule has 0 saturated carbocycles. The van der Waals surface area contributed by atoms with Gasteiger partial charge in [-0.3, -0.25) is 4.98 Å². The van der Waals surface area contributed by atoms with Crippen molar-refractivity contribution in [2.75, 3.05) is 32.6 Å². The lowest BCUT2D eigenvalue weighted by Gasteiger charge is -2.31. The summed E-state index contributed by atoms with van der Waals surface area (Å²) in [5, 5.41) is 11.4. The molecule has 1 aliphatic heterocycles. The molecule has 10 heteroatoms. The molecule has 2 aromatic heterocycles. The summed E-state index contributed by atoms with van der Waals surface area (Å²) in [6.45, 7) is 8.21. The highest BCUT2D eigenvalue weighted by Crippen LogP contribution is 2.40. The highest BCUT2D eigenvalue weighted by molar-refractivity contribution is 7.28. The first-order valence-corrected chi connectivity index (χ1v) is 13.5. The third-order valence-corrected chi connectivity index (χ3v) is 8.31. The number of methoxy groups -OCH3 is 1. The predicted octanol–water partition coefficient (Wildman–Crippen LogP) is 5.12. The molecule has 0 aliphatic carbocycles.